The summed E-state index contributed by atoms with van der Waals surface area (Å²) in [5.74, 6) is 1.10. The minimum absolute atomic E-state index is 0.00127. The summed E-state index contributed by atoms with van der Waals surface area (Å²) in [5, 5.41) is 14.9. The Morgan fingerprint density at radius 2 is 1.96 bits per heavy atom. The van der Waals surface area contributed by atoms with Gasteiger partial charge in [0.2, 0.25) is 11.8 Å². The molecule has 0 atom stereocenters. The third-order valence-electron chi connectivity index (χ3n) is 4.07. The fourth-order valence-electron chi connectivity index (χ4n) is 2.69. The summed E-state index contributed by atoms with van der Waals surface area (Å²) in [4.78, 5) is 12.9. The van der Waals surface area contributed by atoms with Crippen LogP contribution in [0.4, 0.5) is 0 Å². The van der Waals surface area contributed by atoms with E-state index in [2.05, 4.69) is 33.9 Å². The molecule has 0 saturated heterocycles. The molecule has 25 heavy (non-hydrogen) atoms. The van der Waals surface area contributed by atoms with Crippen molar-refractivity contribution >= 4 is 0 Å². The number of aryl methyl sites for hydroxylation is 1. The van der Waals surface area contributed by atoms with Gasteiger partial charge in [-0.1, -0.05) is 27.7 Å². The fourth-order valence-corrected chi connectivity index (χ4v) is 2.69. The van der Waals surface area contributed by atoms with Crippen molar-refractivity contribution in [1.29, 1.82) is 0 Å². The Labute approximate surface area is 147 Å². The minimum atomic E-state index is -0.00127. The zero-order valence-electron chi connectivity index (χ0n) is 15.1. The van der Waals surface area contributed by atoms with Crippen LogP contribution in [-0.2, 0) is 6.54 Å². The van der Waals surface area contributed by atoms with E-state index in [0.29, 0.717) is 17.6 Å². The van der Waals surface area contributed by atoms with Gasteiger partial charge in [0, 0.05) is 36.3 Å². The second-order valence-corrected chi connectivity index (χ2v) is 6.91. The molecule has 3 heterocycles. The van der Waals surface area contributed by atoms with Gasteiger partial charge < -0.3 is 5.11 Å². The van der Waals surface area contributed by atoms with E-state index in [1.165, 1.54) is 0 Å². The van der Waals surface area contributed by atoms with Crippen LogP contribution in [0.25, 0.3) is 17.2 Å². The molecule has 3 rings (SSSR count). The molecule has 1 N–H and O–H groups in total. The highest BCUT2D eigenvalue weighted by atomic mass is 16.3. The van der Waals surface area contributed by atoms with E-state index in [1.54, 1.807) is 29.5 Å². The molecule has 132 valence electrons. The molecule has 7 nitrogen and oxygen atoms in total. The lowest BCUT2D eigenvalue weighted by molar-refractivity contribution is 0.440. The molecule has 0 bridgehead atoms. The topological polar surface area (TPSA) is 81.7 Å². The highest BCUT2D eigenvalue weighted by Crippen LogP contribution is 2.33. The SMILES string of the molecule is CC(C)CCn1cc(-c2nc(-n3ccnc3)nc(O)c2C(C)C)cn1. The smallest absolute Gasteiger partial charge is 0.238 e. The van der Waals surface area contributed by atoms with Crippen LogP contribution in [0.2, 0.25) is 0 Å². The van der Waals surface area contributed by atoms with Crippen molar-refractivity contribution in [2.45, 2.75) is 46.6 Å². The summed E-state index contributed by atoms with van der Waals surface area (Å²) in [5.41, 5.74) is 2.32. The molecule has 0 aromatic carbocycles. The van der Waals surface area contributed by atoms with Crippen molar-refractivity contribution in [1.82, 2.24) is 29.3 Å². The van der Waals surface area contributed by atoms with Gasteiger partial charge in [-0.3, -0.25) is 9.25 Å². The first-order chi connectivity index (χ1) is 12.0. The lowest BCUT2D eigenvalue weighted by Crippen LogP contribution is -2.05. The molecule has 0 aliphatic rings. The van der Waals surface area contributed by atoms with Crippen LogP contribution in [0.15, 0.2) is 31.1 Å². The highest BCUT2D eigenvalue weighted by Gasteiger charge is 2.20. The fraction of sp³-hybridized carbons (Fsp3) is 0.444. The summed E-state index contributed by atoms with van der Waals surface area (Å²) < 4.78 is 3.60. The quantitative estimate of drug-likeness (QED) is 0.744. The van der Waals surface area contributed by atoms with Crippen LogP contribution in [0.5, 0.6) is 5.88 Å². The van der Waals surface area contributed by atoms with Gasteiger partial charge in [-0.25, -0.2) is 9.97 Å². The van der Waals surface area contributed by atoms with Crippen molar-refractivity contribution in [3.8, 4) is 23.1 Å². The number of nitrogens with zero attached hydrogens (tertiary/aromatic N) is 6. The maximum Gasteiger partial charge on any atom is 0.238 e. The normalized spacial score (nSPS) is 11.6. The van der Waals surface area contributed by atoms with Gasteiger partial charge in [-0.05, 0) is 18.3 Å². The van der Waals surface area contributed by atoms with Crippen molar-refractivity contribution in [2.75, 3.05) is 0 Å². The Hall–Kier alpha value is -2.70. The number of aromatic hydroxyl groups is 1. The first-order valence-electron chi connectivity index (χ1n) is 8.57. The van der Waals surface area contributed by atoms with Crippen LogP contribution in [0.1, 0.15) is 45.6 Å². The molecule has 7 heteroatoms. The standard InChI is InChI=1S/C18H24N6O/c1-12(2)5-7-24-10-14(9-20-24)16-15(13(3)4)17(25)22-18(21-16)23-8-6-19-11-23/h6,8-13H,5,7H2,1-4H3,(H,21,22,25). The van der Waals surface area contributed by atoms with Crippen molar-refractivity contribution in [3.63, 3.8) is 0 Å². The summed E-state index contributed by atoms with van der Waals surface area (Å²) in [6, 6.07) is 0. The predicted octanol–water partition coefficient (Wildman–Crippen LogP) is 3.40. The lowest BCUT2D eigenvalue weighted by atomic mass is 9.99. The summed E-state index contributed by atoms with van der Waals surface area (Å²) in [6.07, 6.45) is 9.85. The van der Waals surface area contributed by atoms with Crippen LogP contribution in [0.3, 0.4) is 0 Å². The summed E-state index contributed by atoms with van der Waals surface area (Å²) in [6.45, 7) is 9.28. The van der Waals surface area contributed by atoms with Gasteiger partial charge in [0.25, 0.3) is 0 Å². The number of hydrogen-bond donors (Lipinski definition) is 1. The van der Waals surface area contributed by atoms with E-state index in [1.807, 2.05) is 24.7 Å². The molecular formula is C18H24N6O. The second kappa shape index (κ2) is 7.04. The summed E-state index contributed by atoms with van der Waals surface area (Å²) in [7, 11) is 0. The molecule has 0 unspecified atom stereocenters. The molecule has 0 fully saturated rings. The number of hydrogen-bond acceptors (Lipinski definition) is 5. The highest BCUT2D eigenvalue weighted by molar-refractivity contribution is 5.65. The number of imidazole rings is 1. The molecule has 3 aromatic rings. The van der Waals surface area contributed by atoms with Crippen LogP contribution >= 0.6 is 0 Å². The van der Waals surface area contributed by atoms with Crippen molar-refractivity contribution in [3.05, 3.63) is 36.7 Å². The average Bonchev–Trinajstić information content (AvgIpc) is 3.23. The van der Waals surface area contributed by atoms with Gasteiger partial charge in [0.1, 0.15) is 6.33 Å². The first-order valence-corrected chi connectivity index (χ1v) is 8.57. The molecule has 0 aliphatic heterocycles. The summed E-state index contributed by atoms with van der Waals surface area (Å²) >= 11 is 0. The van der Waals surface area contributed by atoms with Crippen LogP contribution in [0, 0.1) is 5.92 Å². The minimum Gasteiger partial charge on any atom is -0.493 e. The van der Waals surface area contributed by atoms with E-state index in [0.717, 1.165) is 24.1 Å². The van der Waals surface area contributed by atoms with Crippen LogP contribution < -0.4 is 0 Å². The lowest BCUT2D eigenvalue weighted by Gasteiger charge is -2.14. The molecule has 3 aromatic heterocycles. The van der Waals surface area contributed by atoms with E-state index in [4.69, 9.17) is 0 Å². The van der Waals surface area contributed by atoms with Crippen molar-refractivity contribution in [2.24, 2.45) is 5.92 Å². The van der Waals surface area contributed by atoms with E-state index >= 15 is 0 Å². The van der Waals surface area contributed by atoms with Gasteiger partial charge in [-0.15, -0.1) is 0 Å². The Bertz CT molecular complexity index is 835. The van der Waals surface area contributed by atoms with Gasteiger partial charge in [-0.2, -0.15) is 10.1 Å². The third kappa shape index (κ3) is 3.70. The first kappa shape index (κ1) is 17.1. The molecule has 0 aliphatic carbocycles. The number of rotatable bonds is 6. The maximum absolute atomic E-state index is 10.5. The van der Waals surface area contributed by atoms with Crippen LogP contribution in [-0.4, -0.2) is 34.4 Å². The molecule has 0 spiro atoms. The van der Waals surface area contributed by atoms with Gasteiger partial charge >= 0.3 is 0 Å². The maximum atomic E-state index is 10.5. The largest absolute Gasteiger partial charge is 0.493 e. The molecular weight excluding hydrogens is 316 g/mol. The molecule has 0 amide bonds. The van der Waals surface area contributed by atoms with Gasteiger partial charge in [0.15, 0.2) is 0 Å². The monoisotopic (exact) mass is 340 g/mol. The second-order valence-electron chi connectivity index (χ2n) is 6.91. The Kier molecular flexibility index (Phi) is 4.83. The van der Waals surface area contributed by atoms with E-state index in [9.17, 15) is 5.11 Å². The molecule has 0 radical (unpaired) electrons. The van der Waals surface area contributed by atoms with E-state index < -0.39 is 0 Å². The zero-order chi connectivity index (χ0) is 18.0. The van der Waals surface area contributed by atoms with E-state index in [-0.39, 0.29) is 11.8 Å². The predicted molar refractivity (Wildman–Crippen MR) is 95.6 cm³/mol. The third-order valence-corrected chi connectivity index (χ3v) is 4.07. The van der Waals surface area contributed by atoms with Gasteiger partial charge in [0.05, 0.1) is 11.9 Å². The number of aromatic nitrogens is 6. The molecule has 0 saturated carbocycles. The Balaban J connectivity index is 2.04. The Morgan fingerprint density at radius 3 is 2.60 bits per heavy atom. The van der Waals surface area contributed by atoms with Crippen molar-refractivity contribution < 1.29 is 5.11 Å². The zero-order valence-corrected chi connectivity index (χ0v) is 15.1. The average molecular weight is 340 g/mol. The Morgan fingerprint density at radius 1 is 1.16 bits per heavy atom.